The van der Waals surface area contributed by atoms with Crippen LogP contribution in [-0.4, -0.2) is 33.7 Å². The van der Waals surface area contributed by atoms with Crippen LogP contribution < -0.4 is 10.5 Å². The number of carbonyl (C=O) groups is 4. The van der Waals surface area contributed by atoms with Crippen molar-refractivity contribution in [3.8, 4) is 0 Å². The Morgan fingerprint density at radius 2 is 1.40 bits per heavy atom. The molecule has 3 rings (SSSR count). The van der Waals surface area contributed by atoms with Crippen LogP contribution in [0.25, 0.3) is 0 Å². The molecule has 53 heavy (non-hydrogen) atoms. The van der Waals surface area contributed by atoms with E-state index in [0.717, 1.165) is 40.5 Å². The third kappa shape index (κ3) is 8.61. The topological polar surface area (TPSA) is 173 Å². The lowest BCUT2D eigenvalue weighted by Gasteiger charge is -2.61. The number of ketones is 3. The Morgan fingerprint density at radius 1 is 0.868 bits per heavy atom. The first-order chi connectivity index (χ1) is 24.6. The maximum Gasteiger partial charge on any atom is 0.343 e. The Labute approximate surface area is 313 Å². The van der Waals surface area contributed by atoms with E-state index in [0.29, 0.717) is 19.3 Å². The number of nitrogens with one attached hydrogen (secondary N) is 2. The quantitative estimate of drug-likeness (QED) is 0.0635. The third-order valence-corrected chi connectivity index (χ3v) is 10.8. The molecule has 0 heterocycles. The van der Waals surface area contributed by atoms with Gasteiger partial charge in [-0.1, -0.05) is 67.4 Å². The lowest BCUT2D eigenvalue weighted by molar-refractivity contribution is -0.996. The molecule has 1 saturated carbocycles. The van der Waals surface area contributed by atoms with Gasteiger partial charge < -0.3 is 15.2 Å². The first kappa shape index (κ1) is 43.6. The predicted octanol–water partition coefficient (Wildman–Crippen LogP) is 7.10. The molecule has 0 aliphatic heterocycles. The average Bonchev–Trinajstić information content (AvgIpc) is 3.06. The summed E-state index contributed by atoms with van der Waals surface area (Å²) < 4.78 is 6.28. The van der Waals surface area contributed by atoms with Crippen LogP contribution in [0.2, 0.25) is 0 Å². The fourth-order valence-electron chi connectivity index (χ4n) is 7.97. The Morgan fingerprint density at radius 3 is 1.87 bits per heavy atom. The number of quaternary nitrogens is 2. The average molecular weight is 735 g/mol. The summed E-state index contributed by atoms with van der Waals surface area (Å²) in [6, 6.07) is 2.90. The van der Waals surface area contributed by atoms with E-state index in [1.54, 1.807) is 19.9 Å². The monoisotopic (exact) mass is 734 g/mol. The number of benzene rings is 1. The summed E-state index contributed by atoms with van der Waals surface area (Å²) in [5.74, 6) is -4.19. The maximum atomic E-state index is 15.8. The minimum Gasteiger partial charge on any atom is -0.595 e. The van der Waals surface area contributed by atoms with Gasteiger partial charge in [-0.05, 0) is 105 Å². The summed E-state index contributed by atoms with van der Waals surface area (Å²) in [5, 5.41) is 40.6. The molecule has 1 aromatic carbocycles. The molecule has 2 unspecified atom stereocenters. The van der Waals surface area contributed by atoms with Crippen molar-refractivity contribution in [2.45, 2.75) is 115 Å². The van der Waals surface area contributed by atoms with Crippen LogP contribution in [0, 0.1) is 38.5 Å². The smallest absolute Gasteiger partial charge is 0.343 e. The normalized spacial score (nSPS) is 25.0. The fraction of sp³-hybridized carbons (Fsp3) is 0.524. The van der Waals surface area contributed by atoms with Gasteiger partial charge in [0.25, 0.3) is 0 Å². The number of carbonyl (C=O) groups excluding carboxylic acids is 4. The van der Waals surface area contributed by atoms with Crippen LogP contribution >= 0.6 is 0 Å². The summed E-state index contributed by atoms with van der Waals surface area (Å²) >= 11 is 0. The molecule has 0 radical (unpaired) electrons. The lowest BCUT2D eigenvalue weighted by atomic mass is 9.38. The fourth-order valence-corrected chi connectivity index (χ4v) is 7.97. The summed E-state index contributed by atoms with van der Waals surface area (Å²) in [4.78, 5) is 60.7. The van der Waals surface area contributed by atoms with E-state index >= 15 is 14.4 Å². The van der Waals surface area contributed by atoms with E-state index < -0.39 is 72.9 Å². The van der Waals surface area contributed by atoms with E-state index in [2.05, 4.69) is 6.08 Å². The summed E-state index contributed by atoms with van der Waals surface area (Å²) in [6.07, 6.45) is 9.32. The highest BCUT2D eigenvalue weighted by Crippen LogP contribution is 2.68. The van der Waals surface area contributed by atoms with Gasteiger partial charge in [-0.25, -0.2) is 15.2 Å². The second-order valence-electron chi connectivity index (χ2n) is 16.2. The van der Waals surface area contributed by atoms with Gasteiger partial charge in [0.2, 0.25) is 0 Å². The zero-order valence-electron chi connectivity index (χ0n) is 33.2. The number of allylic oxidation sites excluding steroid dienone is 10. The first-order valence-corrected chi connectivity index (χ1v) is 18.3. The van der Waals surface area contributed by atoms with E-state index in [-0.39, 0.29) is 36.5 Å². The SMILES string of the molecule is CC(C)=CCC[C@@]1(C)[C@H](CC=C(C)C)C[C@@]2(CC=C(C)C)C(=O)C(CC=C(C)C)=C(OC(=O)c3cc([NH+]([O-])O)cc([NH+]([O-])O)c3)[C@]1(C(=O)C(C)C)C2=O. The van der Waals surface area contributed by atoms with Gasteiger partial charge in [0.15, 0.2) is 34.1 Å². The minimum atomic E-state index is -2.10. The highest BCUT2D eigenvalue weighted by atomic mass is 16.8. The molecule has 0 spiro atoms. The molecule has 1 fully saturated rings. The Hall–Kier alpha value is -3.84. The van der Waals surface area contributed by atoms with Crippen molar-refractivity contribution in [2.75, 3.05) is 0 Å². The van der Waals surface area contributed by atoms with Crippen molar-refractivity contribution in [3.63, 3.8) is 0 Å². The van der Waals surface area contributed by atoms with Crippen LogP contribution in [0.15, 0.2) is 76.1 Å². The highest BCUT2D eigenvalue weighted by molar-refractivity contribution is 6.28. The van der Waals surface area contributed by atoms with Crippen LogP contribution in [0.3, 0.4) is 0 Å². The highest BCUT2D eigenvalue weighted by Gasteiger charge is 2.76. The Bertz CT molecular complexity index is 1740. The zero-order valence-corrected chi connectivity index (χ0v) is 33.2. The van der Waals surface area contributed by atoms with Gasteiger partial charge in [0.05, 0.1) is 17.0 Å². The number of rotatable bonds is 15. The van der Waals surface area contributed by atoms with Crippen LogP contribution in [0.1, 0.15) is 125 Å². The predicted molar refractivity (Wildman–Crippen MR) is 202 cm³/mol. The van der Waals surface area contributed by atoms with E-state index in [1.807, 2.05) is 74.5 Å². The molecule has 0 saturated heterocycles. The van der Waals surface area contributed by atoms with Gasteiger partial charge in [-0.15, -0.1) is 0 Å². The number of fused-ring (bicyclic) bond motifs is 2. The molecule has 0 aromatic heterocycles. The lowest BCUT2D eigenvalue weighted by Crippen LogP contribution is -3.00. The first-order valence-electron chi connectivity index (χ1n) is 18.3. The summed E-state index contributed by atoms with van der Waals surface area (Å²) in [5.41, 5.74) is -2.35. The third-order valence-electron chi connectivity index (χ3n) is 10.8. The second kappa shape index (κ2) is 17.1. The van der Waals surface area contributed by atoms with Crippen LogP contribution in [0.4, 0.5) is 11.4 Å². The number of Topliss-reactive ketones (excluding diaryl/α,β-unsaturated/α-hetero) is 3. The molecule has 6 atom stereocenters. The molecule has 2 bridgehead atoms. The van der Waals surface area contributed by atoms with Crippen LogP contribution in [-0.2, 0) is 19.1 Å². The molecule has 4 N–H and O–H groups in total. The largest absolute Gasteiger partial charge is 0.595 e. The van der Waals surface area contributed by atoms with Crippen molar-refractivity contribution >= 4 is 34.7 Å². The van der Waals surface area contributed by atoms with Crippen molar-refractivity contribution in [1.82, 2.24) is 0 Å². The molecule has 1 aromatic rings. The Kier molecular flexibility index (Phi) is 14.0. The molecule has 2 aliphatic carbocycles. The number of esters is 1. The van der Waals surface area contributed by atoms with Gasteiger partial charge >= 0.3 is 5.97 Å². The summed E-state index contributed by atoms with van der Waals surface area (Å²) in [6.45, 7) is 20.6. The zero-order chi connectivity index (χ0) is 40.2. The van der Waals surface area contributed by atoms with Crippen molar-refractivity contribution < 1.29 is 44.8 Å². The second-order valence-corrected chi connectivity index (χ2v) is 16.2. The molecule has 0 amide bonds. The van der Waals surface area contributed by atoms with Gasteiger partial charge in [0.1, 0.15) is 5.76 Å². The van der Waals surface area contributed by atoms with Gasteiger partial charge in [0, 0.05) is 23.6 Å². The molecule has 11 nitrogen and oxygen atoms in total. The van der Waals surface area contributed by atoms with Crippen molar-refractivity contribution in [2.24, 2.45) is 28.1 Å². The molecule has 2 aliphatic rings. The van der Waals surface area contributed by atoms with Gasteiger partial charge in [-0.2, -0.15) is 10.5 Å². The van der Waals surface area contributed by atoms with Crippen molar-refractivity contribution in [3.05, 3.63) is 92.1 Å². The maximum absolute atomic E-state index is 15.8. The standard InChI is InChI=1S/C42H58N2O9/c1-25(2)13-12-19-40(11)31(16-14-26(3)4)24-41(20-18-28(7)8)36(46)34(17-15-27(5)6)37(42(40,39(41)48)35(45)29(9)10)53-38(47)30-21-32(43(49)50)23-33(22-30)44(51)52/h13-15,18,21-23,29,31,43-44,49,51H,12,16-17,19-20,24H2,1-11H3/t31-,40+,41+,42-/m1/s1. The van der Waals surface area contributed by atoms with Crippen molar-refractivity contribution in [1.29, 1.82) is 0 Å². The molecular weight excluding hydrogens is 676 g/mol. The molecule has 11 heteroatoms. The number of hydrogen-bond donors (Lipinski definition) is 4. The van der Waals surface area contributed by atoms with E-state index in [1.165, 1.54) is 0 Å². The molecular formula is C42H58N2O9. The Balaban J connectivity index is 2.63. The summed E-state index contributed by atoms with van der Waals surface area (Å²) in [7, 11) is 0. The van der Waals surface area contributed by atoms with Crippen LogP contribution in [0.5, 0.6) is 0 Å². The van der Waals surface area contributed by atoms with Gasteiger partial charge in [-0.3, -0.25) is 14.4 Å². The van der Waals surface area contributed by atoms with E-state index in [9.17, 15) is 25.6 Å². The number of hydrogen-bond acceptors (Lipinski definition) is 9. The molecule has 290 valence electrons. The number of ether oxygens (including phenoxy) is 1. The van der Waals surface area contributed by atoms with E-state index in [4.69, 9.17) is 4.74 Å². The minimum absolute atomic E-state index is 0.0288.